The van der Waals surface area contributed by atoms with Crippen molar-refractivity contribution in [3.05, 3.63) is 35.8 Å². The van der Waals surface area contributed by atoms with Crippen LogP contribution in [-0.2, 0) is 33.9 Å². The molecule has 1 saturated heterocycles. The van der Waals surface area contributed by atoms with Crippen molar-refractivity contribution in [2.45, 2.75) is 101 Å². The van der Waals surface area contributed by atoms with E-state index in [9.17, 15) is 36.4 Å². The number of carbonyl (C=O) groups excluding carboxylic acids is 4. The molecule has 0 spiro atoms. The lowest BCUT2D eigenvalue weighted by Crippen LogP contribution is -2.58. The van der Waals surface area contributed by atoms with E-state index in [4.69, 9.17) is 19.7 Å². The summed E-state index contributed by atoms with van der Waals surface area (Å²) in [7, 11) is -2.59. The number of carbonyl (C=O) groups is 4. The number of ether oxygens (including phenoxy) is 2. The Morgan fingerprint density at radius 1 is 1.04 bits per heavy atom. The Balaban J connectivity index is 1.23. The van der Waals surface area contributed by atoms with E-state index in [0.717, 1.165) is 6.42 Å². The van der Waals surface area contributed by atoms with Gasteiger partial charge < -0.3 is 19.7 Å². The Kier molecular flexibility index (Phi) is 10.2. The van der Waals surface area contributed by atoms with E-state index >= 15 is 0 Å². The standard InChI is InChI=1S/C36H43F2N7O8S2/c1-35(2,3)26(33(48)53-22-6-5-7-22)32(47)44-18-20(45-41-27(19-8-10-21(52-4)11-9-19)28(42-45)31-39-14-15-54-31)16-25(44)30(46)40-36(17-24(36)29(37)38)34(49)43-55(50,51)23-12-13-23/h8-11,14-15,20,22-26,29H,5-7,12-13,16-18H2,1-4H3,(H,40,46)(H,43,49)/t20-,24?,25+,26+,36?/m1/s1. The van der Waals surface area contributed by atoms with E-state index in [1.165, 1.54) is 21.0 Å². The number of methoxy groups -OCH3 is 1. The zero-order chi connectivity index (χ0) is 39.4. The highest BCUT2D eigenvalue weighted by Gasteiger charge is 2.67. The summed E-state index contributed by atoms with van der Waals surface area (Å²) < 4.78 is 66.6. The number of esters is 1. The van der Waals surface area contributed by atoms with E-state index in [2.05, 4.69) is 10.3 Å². The molecule has 1 aliphatic heterocycles. The number of nitrogens with zero attached hydrogens (tertiary/aromatic N) is 5. The molecule has 5 atom stereocenters. The summed E-state index contributed by atoms with van der Waals surface area (Å²) in [6.45, 7) is 4.94. The summed E-state index contributed by atoms with van der Waals surface area (Å²) in [6.07, 6.45) is 0.485. The number of amides is 3. The van der Waals surface area contributed by atoms with Gasteiger partial charge in [-0.25, -0.2) is 22.2 Å². The number of thiazole rings is 1. The van der Waals surface area contributed by atoms with Gasteiger partial charge in [-0.05, 0) is 68.2 Å². The van der Waals surface area contributed by atoms with Gasteiger partial charge in [0.15, 0.2) is 0 Å². The second-order valence-corrected chi connectivity index (χ2v) is 18.6. The molecule has 3 saturated carbocycles. The van der Waals surface area contributed by atoms with Crippen molar-refractivity contribution in [2.75, 3.05) is 13.7 Å². The minimum atomic E-state index is -4.14. The molecule has 2 aromatic heterocycles. The van der Waals surface area contributed by atoms with Crippen molar-refractivity contribution in [1.82, 2.24) is 34.9 Å². The van der Waals surface area contributed by atoms with E-state index in [1.807, 2.05) is 4.72 Å². The first-order chi connectivity index (χ1) is 26.0. The fourth-order valence-electron chi connectivity index (χ4n) is 7.14. The quantitative estimate of drug-likeness (QED) is 0.189. The lowest BCUT2D eigenvalue weighted by molar-refractivity contribution is -0.169. The first kappa shape index (κ1) is 38.7. The molecule has 0 bridgehead atoms. The molecule has 3 aliphatic carbocycles. The highest BCUT2D eigenvalue weighted by atomic mass is 32.2. The van der Waals surface area contributed by atoms with Crippen molar-refractivity contribution in [2.24, 2.45) is 17.3 Å². The largest absolute Gasteiger partial charge is 0.497 e. The summed E-state index contributed by atoms with van der Waals surface area (Å²) in [5.74, 6) is -6.06. The smallest absolute Gasteiger partial charge is 0.319 e. The van der Waals surface area contributed by atoms with Crippen LogP contribution in [0.1, 0.15) is 71.8 Å². The molecule has 4 fully saturated rings. The van der Waals surface area contributed by atoms with E-state index < -0.39 is 86.7 Å². The van der Waals surface area contributed by atoms with Crippen LogP contribution in [0.4, 0.5) is 8.78 Å². The average Bonchev–Trinajstić information content (AvgIpc) is 3.89. The van der Waals surface area contributed by atoms with Crippen molar-refractivity contribution in [3.8, 4) is 27.7 Å². The number of aromatic nitrogens is 4. The monoisotopic (exact) mass is 803 g/mol. The molecule has 3 heterocycles. The van der Waals surface area contributed by atoms with Crippen molar-refractivity contribution < 1.29 is 45.9 Å². The van der Waals surface area contributed by atoms with Crippen LogP contribution in [0.2, 0.25) is 0 Å². The van der Waals surface area contributed by atoms with Gasteiger partial charge in [-0.2, -0.15) is 9.90 Å². The van der Waals surface area contributed by atoms with E-state index in [0.29, 0.717) is 53.4 Å². The Hall–Kier alpha value is -4.52. The molecule has 2 N–H and O–H groups in total. The van der Waals surface area contributed by atoms with Crippen LogP contribution in [0, 0.1) is 17.3 Å². The first-order valence-corrected chi connectivity index (χ1v) is 20.6. The van der Waals surface area contributed by atoms with Gasteiger partial charge in [0.1, 0.15) is 45.7 Å². The van der Waals surface area contributed by atoms with Gasteiger partial charge in [0.05, 0.1) is 24.3 Å². The van der Waals surface area contributed by atoms with Crippen molar-refractivity contribution in [1.29, 1.82) is 0 Å². The third kappa shape index (κ3) is 7.68. The van der Waals surface area contributed by atoms with Crippen LogP contribution in [0.5, 0.6) is 5.75 Å². The Morgan fingerprint density at radius 3 is 2.27 bits per heavy atom. The molecule has 55 heavy (non-hydrogen) atoms. The van der Waals surface area contributed by atoms with Gasteiger partial charge in [0, 0.05) is 30.1 Å². The van der Waals surface area contributed by atoms with E-state index in [1.54, 1.807) is 63.7 Å². The topological polar surface area (TPSA) is 192 Å². The minimum absolute atomic E-state index is 0.127. The van der Waals surface area contributed by atoms with Gasteiger partial charge in [-0.1, -0.05) is 20.8 Å². The molecule has 3 amide bonds. The van der Waals surface area contributed by atoms with E-state index in [-0.39, 0.29) is 19.1 Å². The summed E-state index contributed by atoms with van der Waals surface area (Å²) in [5.41, 5.74) is -1.60. The van der Waals surface area contributed by atoms with Crippen molar-refractivity contribution >= 4 is 45.1 Å². The maximum atomic E-state index is 14.6. The third-order valence-corrected chi connectivity index (χ3v) is 13.4. The minimum Gasteiger partial charge on any atom is -0.497 e. The predicted molar refractivity (Wildman–Crippen MR) is 194 cm³/mol. The second-order valence-electron chi connectivity index (χ2n) is 15.7. The zero-order valence-electron chi connectivity index (χ0n) is 30.7. The van der Waals surface area contributed by atoms with Crippen LogP contribution in [-0.4, -0.2) is 100 Å². The lowest BCUT2D eigenvalue weighted by Gasteiger charge is -2.35. The molecule has 2 unspecified atom stereocenters. The van der Waals surface area contributed by atoms with Crippen LogP contribution < -0.4 is 14.8 Å². The number of hydrogen-bond acceptors (Lipinski definition) is 12. The Bertz CT molecular complexity index is 2060. The van der Waals surface area contributed by atoms with Crippen LogP contribution in [0.25, 0.3) is 22.0 Å². The molecule has 19 heteroatoms. The number of sulfonamides is 1. The van der Waals surface area contributed by atoms with Gasteiger partial charge in [0.25, 0.3) is 5.91 Å². The first-order valence-electron chi connectivity index (χ1n) is 18.2. The van der Waals surface area contributed by atoms with Crippen LogP contribution in [0.15, 0.2) is 35.8 Å². The summed E-state index contributed by atoms with van der Waals surface area (Å²) >= 11 is 1.33. The highest BCUT2D eigenvalue weighted by Crippen LogP contribution is 2.49. The Labute approximate surface area is 320 Å². The normalized spacial score (nSPS) is 24.6. The molecular weight excluding hydrogens is 761 g/mol. The number of halogens is 2. The summed E-state index contributed by atoms with van der Waals surface area (Å²) in [6, 6.07) is 4.97. The zero-order valence-corrected chi connectivity index (χ0v) is 32.4. The molecule has 296 valence electrons. The third-order valence-electron chi connectivity index (χ3n) is 10.8. The molecule has 7 rings (SSSR count). The number of rotatable bonds is 13. The fraction of sp³-hybridized carbons (Fsp3) is 0.583. The number of alkyl halides is 2. The maximum absolute atomic E-state index is 14.6. The molecular formula is C36H43F2N7O8S2. The van der Waals surface area contributed by atoms with Gasteiger partial charge in [-0.15, -0.1) is 16.4 Å². The van der Waals surface area contributed by atoms with Crippen LogP contribution in [0.3, 0.4) is 0 Å². The molecule has 1 aromatic carbocycles. The molecule has 15 nitrogen and oxygen atoms in total. The highest BCUT2D eigenvalue weighted by molar-refractivity contribution is 7.91. The van der Waals surface area contributed by atoms with Gasteiger partial charge in [-0.3, -0.25) is 23.9 Å². The van der Waals surface area contributed by atoms with Crippen molar-refractivity contribution in [3.63, 3.8) is 0 Å². The maximum Gasteiger partial charge on any atom is 0.319 e. The lowest BCUT2D eigenvalue weighted by atomic mass is 9.79. The fourth-order valence-corrected chi connectivity index (χ4v) is 9.12. The Morgan fingerprint density at radius 2 is 1.73 bits per heavy atom. The second kappa shape index (κ2) is 14.5. The number of hydrogen-bond donors (Lipinski definition) is 2. The predicted octanol–water partition coefficient (Wildman–Crippen LogP) is 3.73. The number of likely N-dealkylation sites (tertiary alicyclic amines) is 1. The SMILES string of the molecule is COc1ccc(-c2nn([C@@H]3C[C@@H](C(=O)NC4(C(=O)NS(=O)(=O)C5CC5)CC4C(F)F)N(C(=O)[C@@H](C(=O)OC4CCC4)C(C)(C)C)C3)nc2-c2nccs2)cc1. The molecule has 4 aliphatic rings. The molecule has 3 aromatic rings. The average molecular weight is 804 g/mol. The molecule has 0 radical (unpaired) electrons. The number of benzene rings is 1. The summed E-state index contributed by atoms with van der Waals surface area (Å²) in [4.78, 5) is 63.0. The van der Waals surface area contributed by atoms with Gasteiger partial charge in [0.2, 0.25) is 28.3 Å². The van der Waals surface area contributed by atoms with Crippen LogP contribution >= 0.6 is 11.3 Å². The van der Waals surface area contributed by atoms with Gasteiger partial charge >= 0.3 is 5.97 Å². The summed E-state index contributed by atoms with van der Waals surface area (Å²) in [5, 5.41) is 13.5. The number of nitrogens with one attached hydrogen (secondary N) is 2.